The van der Waals surface area contributed by atoms with Crippen molar-refractivity contribution in [2.45, 2.75) is 19.5 Å². The van der Waals surface area contributed by atoms with Gasteiger partial charge in [-0.15, -0.1) is 0 Å². The van der Waals surface area contributed by atoms with Crippen LogP contribution in [0.5, 0.6) is 0 Å². The zero-order valence-electron chi connectivity index (χ0n) is 19.3. The molecule has 2 N–H and O–H groups in total. The van der Waals surface area contributed by atoms with Crippen LogP contribution in [0.15, 0.2) is 48.7 Å². The summed E-state index contributed by atoms with van der Waals surface area (Å²) in [5.74, 6) is -1.86. The van der Waals surface area contributed by atoms with Crippen LogP contribution < -0.4 is 15.1 Å². The largest absolute Gasteiger partial charge is 0.465 e. The van der Waals surface area contributed by atoms with Crippen LogP contribution in [-0.4, -0.2) is 58.8 Å². The molecule has 2 aromatic carbocycles. The van der Waals surface area contributed by atoms with Crippen molar-refractivity contribution in [2.24, 2.45) is 0 Å². The zero-order chi connectivity index (χ0) is 25.1. The van der Waals surface area contributed by atoms with Gasteiger partial charge in [0.1, 0.15) is 23.3 Å². The summed E-state index contributed by atoms with van der Waals surface area (Å²) in [4.78, 5) is 25.0. The first-order valence-corrected chi connectivity index (χ1v) is 11.0. The van der Waals surface area contributed by atoms with E-state index in [2.05, 4.69) is 27.1 Å². The van der Waals surface area contributed by atoms with Gasteiger partial charge < -0.3 is 20.2 Å². The minimum atomic E-state index is -1.41. The van der Waals surface area contributed by atoms with Crippen LogP contribution in [0.25, 0.3) is 0 Å². The number of benzene rings is 2. The zero-order valence-corrected chi connectivity index (χ0v) is 19.3. The van der Waals surface area contributed by atoms with Crippen LogP contribution in [0, 0.1) is 17.5 Å². The first-order chi connectivity index (χ1) is 16.7. The molecule has 0 bridgehead atoms. The van der Waals surface area contributed by atoms with Gasteiger partial charge in [0, 0.05) is 43.1 Å². The number of nitrogens with one attached hydrogen (secondary N) is 1. The number of hydrogen-bond donors (Lipinski definition) is 2. The first kappa shape index (κ1) is 24.3. The Morgan fingerprint density at radius 3 is 2.66 bits per heavy atom. The Bertz CT molecular complexity index is 1230. The van der Waals surface area contributed by atoms with E-state index >= 15 is 0 Å². The van der Waals surface area contributed by atoms with E-state index in [0.717, 1.165) is 29.6 Å². The molecule has 3 aromatic rings. The monoisotopic (exact) mass is 486 g/mol. The van der Waals surface area contributed by atoms with Gasteiger partial charge in [0.2, 0.25) is 5.95 Å². The molecule has 4 rings (SSSR count). The van der Waals surface area contributed by atoms with Crippen molar-refractivity contribution in [3.63, 3.8) is 0 Å². The van der Waals surface area contributed by atoms with Gasteiger partial charge in [0.05, 0.1) is 12.2 Å². The van der Waals surface area contributed by atoms with Gasteiger partial charge in [-0.25, -0.2) is 22.9 Å². The maximum Gasteiger partial charge on any atom is 0.413 e. The van der Waals surface area contributed by atoms with E-state index in [1.807, 2.05) is 11.9 Å². The Labute approximate surface area is 200 Å². The smallest absolute Gasteiger partial charge is 0.413 e. The molecule has 2 heterocycles. The second-order valence-electron chi connectivity index (χ2n) is 8.41. The van der Waals surface area contributed by atoms with Crippen LogP contribution in [0.2, 0.25) is 0 Å². The van der Waals surface area contributed by atoms with E-state index in [-0.39, 0.29) is 17.3 Å². The number of nitrogens with zero attached hydrogens (tertiary/aromatic N) is 5. The number of aromatic nitrogens is 2. The summed E-state index contributed by atoms with van der Waals surface area (Å²) in [7, 11) is 2.04. The third-order valence-electron chi connectivity index (χ3n) is 5.99. The molecule has 1 saturated heterocycles. The van der Waals surface area contributed by atoms with E-state index in [1.54, 1.807) is 12.1 Å². The topological polar surface area (TPSA) is 84.8 Å². The summed E-state index contributed by atoms with van der Waals surface area (Å²) < 4.78 is 42.5. The number of carbonyl (C=O) groups is 1. The van der Waals surface area contributed by atoms with E-state index in [4.69, 9.17) is 0 Å². The fraction of sp³-hybridized carbons (Fsp3) is 0.292. The highest BCUT2D eigenvalue weighted by Crippen LogP contribution is 2.27. The van der Waals surface area contributed by atoms with Gasteiger partial charge in [0.25, 0.3) is 0 Å². The molecule has 1 aliphatic heterocycles. The Morgan fingerprint density at radius 1 is 1.14 bits per heavy atom. The predicted molar refractivity (Wildman–Crippen MR) is 127 cm³/mol. The Hall–Kier alpha value is -3.86. The lowest BCUT2D eigenvalue weighted by atomic mass is 10.1. The first-order valence-electron chi connectivity index (χ1n) is 11.0. The molecule has 1 aliphatic rings. The van der Waals surface area contributed by atoms with E-state index in [0.29, 0.717) is 30.5 Å². The minimum absolute atomic E-state index is 0.0221. The SMILES string of the molecule is CC1CN(c2ccc(Nc3nccc(N(Cc4cc(F)ccc4F)C(=O)O)n3)cc2F)CCN1C. The average Bonchev–Trinajstić information content (AvgIpc) is 2.81. The molecular formula is C24H25F3N6O2. The molecule has 1 amide bonds. The van der Waals surface area contributed by atoms with Crippen molar-refractivity contribution in [1.82, 2.24) is 14.9 Å². The number of anilines is 4. The number of hydrogen-bond acceptors (Lipinski definition) is 6. The lowest BCUT2D eigenvalue weighted by Gasteiger charge is -2.39. The van der Waals surface area contributed by atoms with Crippen LogP contribution in [0.3, 0.4) is 0 Å². The fourth-order valence-electron chi connectivity index (χ4n) is 3.88. The van der Waals surface area contributed by atoms with Crippen molar-refractivity contribution >= 4 is 29.2 Å². The van der Waals surface area contributed by atoms with Gasteiger partial charge >= 0.3 is 6.09 Å². The van der Waals surface area contributed by atoms with Crippen molar-refractivity contribution < 1.29 is 23.1 Å². The van der Waals surface area contributed by atoms with E-state index < -0.39 is 30.1 Å². The number of rotatable bonds is 6. The normalized spacial score (nSPS) is 16.3. The molecule has 184 valence electrons. The molecule has 1 fully saturated rings. The number of piperazine rings is 1. The number of amides is 1. The highest BCUT2D eigenvalue weighted by Gasteiger charge is 2.23. The van der Waals surface area contributed by atoms with Gasteiger partial charge in [0.15, 0.2) is 0 Å². The lowest BCUT2D eigenvalue weighted by Crippen LogP contribution is -2.50. The average molecular weight is 486 g/mol. The van der Waals surface area contributed by atoms with Gasteiger partial charge in [-0.3, -0.25) is 4.90 Å². The summed E-state index contributed by atoms with van der Waals surface area (Å²) in [6, 6.07) is 9.13. The molecule has 0 spiro atoms. The van der Waals surface area contributed by atoms with Crippen molar-refractivity contribution in [3.05, 3.63) is 71.7 Å². The molecule has 0 radical (unpaired) electrons. The molecule has 11 heteroatoms. The maximum atomic E-state index is 14.9. The van der Waals surface area contributed by atoms with Crippen LogP contribution >= 0.6 is 0 Å². The van der Waals surface area contributed by atoms with Crippen LogP contribution in [0.4, 0.5) is 41.1 Å². The molecule has 1 unspecified atom stereocenters. The van der Waals surface area contributed by atoms with Crippen LogP contribution in [0.1, 0.15) is 12.5 Å². The lowest BCUT2D eigenvalue weighted by molar-refractivity contribution is 0.201. The van der Waals surface area contributed by atoms with Gasteiger partial charge in [-0.1, -0.05) is 0 Å². The molecule has 1 aromatic heterocycles. The third-order valence-corrected chi connectivity index (χ3v) is 5.99. The second kappa shape index (κ2) is 10.2. The molecule has 35 heavy (non-hydrogen) atoms. The molecule has 8 nitrogen and oxygen atoms in total. The van der Waals surface area contributed by atoms with Crippen LogP contribution in [-0.2, 0) is 6.54 Å². The van der Waals surface area contributed by atoms with Gasteiger partial charge in [-0.05, 0) is 56.4 Å². The Balaban J connectivity index is 1.52. The maximum absolute atomic E-state index is 14.9. The molecular weight excluding hydrogens is 461 g/mol. The summed E-state index contributed by atoms with van der Waals surface area (Å²) in [5.41, 5.74) is 0.736. The summed E-state index contributed by atoms with van der Waals surface area (Å²) in [6.45, 7) is 3.89. The highest BCUT2D eigenvalue weighted by molar-refractivity contribution is 5.84. The second-order valence-corrected chi connectivity index (χ2v) is 8.41. The summed E-state index contributed by atoms with van der Waals surface area (Å²) in [5, 5.41) is 12.5. The standard InChI is InChI=1S/C24H25F3N6O2/c1-15-13-32(10-9-31(15)2)21-6-4-18(12-20(21)27)29-23-28-8-7-22(30-23)33(24(34)35)14-16-11-17(25)3-5-19(16)26/h3-8,11-12,15H,9-10,13-14H2,1-2H3,(H,34,35)(H,28,29,30). The van der Waals surface area contributed by atoms with E-state index in [1.165, 1.54) is 18.3 Å². The number of halogens is 3. The summed E-state index contributed by atoms with van der Waals surface area (Å²) >= 11 is 0. The molecule has 0 aliphatic carbocycles. The minimum Gasteiger partial charge on any atom is -0.465 e. The number of carboxylic acid groups (broad SMARTS) is 1. The number of likely N-dealkylation sites (N-methyl/N-ethyl adjacent to an activating group) is 1. The summed E-state index contributed by atoms with van der Waals surface area (Å²) in [6.07, 6.45) is -0.0890. The quantitative estimate of drug-likeness (QED) is 0.532. The van der Waals surface area contributed by atoms with E-state index in [9.17, 15) is 23.1 Å². The molecule has 0 saturated carbocycles. The van der Waals surface area contributed by atoms with Crippen molar-refractivity contribution in [3.8, 4) is 0 Å². The Morgan fingerprint density at radius 2 is 1.94 bits per heavy atom. The van der Waals surface area contributed by atoms with Gasteiger partial charge in [-0.2, -0.15) is 4.98 Å². The van der Waals surface area contributed by atoms with Crippen molar-refractivity contribution in [2.75, 3.05) is 41.8 Å². The molecule has 1 atom stereocenters. The predicted octanol–water partition coefficient (Wildman–Crippen LogP) is 4.46. The van der Waals surface area contributed by atoms with Crippen molar-refractivity contribution in [1.29, 1.82) is 0 Å². The third kappa shape index (κ3) is 5.62. The highest BCUT2D eigenvalue weighted by atomic mass is 19.1. The fourth-order valence-corrected chi connectivity index (χ4v) is 3.88. The Kier molecular flexibility index (Phi) is 7.06.